The van der Waals surface area contributed by atoms with Crippen molar-refractivity contribution in [1.29, 1.82) is 5.26 Å². The van der Waals surface area contributed by atoms with Gasteiger partial charge in [-0.15, -0.1) is 0 Å². The summed E-state index contributed by atoms with van der Waals surface area (Å²) < 4.78 is 26.6. The standard InChI is InChI=1S/C14H17N3O2S/c1-3-13(10-16)20(18,19)17-14-9-12(5-4-8-15)7-6-11(14)2/h6-7,9,13,17H,3,8,15H2,1-2H3. The van der Waals surface area contributed by atoms with Gasteiger partial charge in [0.25, 0.3) is 0 Å². The van der Waals surface area contributed by atoms with E-state index >= 15 is 0 Å². The largest absolute Gasteiger partial charge is 0.320 e. The molecule has 1 aromatic rings. The molecule has 0 saturated heterocycles. The zero-order valence-corrected chi connectivity index (χ0v) is 12.3. The van der Waals surface area contributed by atoms with Crippen LogP contribution in [-0.4, -0.2) is 20.2 Å². The molecule has 106 valence electrons. The Kier molecular flexibility index (Phi) is 5.57. The van der Waals surface area contributed by atoms with Gasteiger partial charge in [0.05, 0.1) is 18.3 Å². The fourth-order valence-electron chi connectivity index (χ4n) is 1.57. The van der Waals surface area contributed by atoms with E-state index in [0.29, 0.717) is 11.3 Å². The number of rotatable bonds is 4. The van der Waals surface area contributed by atoms with Gasteiger partial charge in [0.1, 0.15) is 0 Å². The molecule has 0 radical (unpaired) electrons. The van der Waals surface area contributed by atoms with Gasteiger partial charge in [0.15, 0.2) is 5.25 Å². The Balaban J connectivity index is 3.12. The fourth-order valence-corrected chi connectivity index (χ4v) is 2.81. The van der Waals surface area contributed by atoms with Gasteiger partial charge in [-0.1, -0.05) is 24.8 Å². The number of aryl methyl sites for hydroxylation is 1. The Bertz CT molecular complexity index is 679. The molecule has 0 fully saturated rings. The van der Waals surface area contributed by atoms with E-state index < -0.39 is 15.3 Å². The highest BCUT2D eigenvalue weighted by Crippen LogP contribution is 2.20. The molecule has 0 aliphatic carbocycles. The quantitative estimate of drug-likeness (QED) is 0.818. The smallest absolute Gasteiger partial charge is 0.249 e. The number of nitrogens with zero attached hydrogens (tertiary/aromatic N) is 1. The highest BCUT2D eigenvalue weighted by Gasteiger charge is 2.23. The summed E-state index contributed by atoms with van der Waals surface area (Å²) in [6, 6.07) is 6.98. The molecule has 3 N–H and O–H groups in total. The van der Waals surface area contributed by atoms with Crippen LogP contribution in [0.4, 0.5) is 5.69 Å². The molecule has 5 nitrogen and oxygen atoms in total. The van der Waals surface area contributed by atoms with Crippen LogP contribution < -0.4 is 10.5 Å². The van der Waals surface area contributed by atoms with Crippen LogP contribution in [0.5, 0.6) is 0 Å². The molecule has 1 atom stereocenters. The van der Waals surface area contributed by atoms with Crippen LogP contribution >= 0.6 is 0 Å². The topological polar surface area (TPSA) is 96.0 Å². The summed E-state index contributed by atoms with van der Waals surface area (Å²) in [5.41, 5.74) is 7.17. The molecule has 20 heavy (non-hydrogen) atoms. The molecule has 1 rings (SSSR count). The highest BCUT2D eigenvalue weighted by molar-refractivity contribution is 7.93. The van der Waals surface area contributed by atoms with Crippen LogP contribution in [-0.2, 0) is 10.0 Å². The predicted octanol–water partition coefficient (Wildman–Crippen LogP) is 1.35. The first-order valence-electron chi connectivity index (χ1n) is 6.15. The third-order valence-electron chi connectivity index (χ3n) is 2.71. The van der Waals surface area contributed by atoms with E-state index in [0.717, 1.165) is 5.56 Å². The highest BCUT2D eigenvalue weighted by atomic mass is 32.2. The Morgan fingerprint density at radius 2 is 2.15 bits per heavy atom. The van der Waals surface area contributed by atoms with Crippen molar-refractivity contribution in [1.82, 2.24) is 0 Å². The second-order valence-corrected chi connectivity index (χ2v) is 6.07. The number of benzene rings is 1. The van der Waals surface area contributed by atoms with Crippen molar-refractivity contribution in [3.05, 3.63) is 29.3 Å². The number of hydrogen-bond acceptors (Lipinski definition) is 4. The van der Waals surface area contributed by atoms with Crippen molar-refractivity contribution >= 4 is 15.7 Å². The lowest BCUT2D eigenvalue weighted by atomic mass is 10.1. The van der Waals surface area contributed by atoms with Gasteiger partial charge in [0, 0.05) is 5.56 Å². The number of nitrogens with one attached hydrogen (secondary N) is 1. The predicted molar refractivity (Wildman–Crippen MR) is 79.3 cm³/mol. The van der Waals surface area contributed by atoms with Crippen LogP contribution in [0.25, 0.3) is 0 Å². The van der Waals surface area contributed by atoms with Crippen LogP contribution in [0.3, 0.4) is 0 Å². The number of nitrogens with two attached hydrogens (primary N) is 1. The molecule has 6 heteroatoms. The number of hydrogen-bond donors (Lipinski definition) is 2. The first kappa shape index (κ1) is 16.0. The summed E-state index contributed by atoms with van der Waals surface area (Å²) >= 11 is 0. The zero-order valence-electron chi connectivity index (χ0n) is 11.5. The molecule has 1 aromatic carbocycles. The van der Waals surface area contributed by atoms with Crippen molar-refractivity contribution in [2.24, 2.45) is 5.73 Å². The molecule has 0 aromatic heterocycles. The number of anilines is 1. The second kappa shape index (κ2) is 6.95. The van der Waals surface area contributed by atoms with Gasteiger partial charge in [-0.05, 0) is 31.0 Å². The van der Waals surface area contributed by atoms with Crippen molar-refractivity contribution in [3.63, 3.8) is 0 Å². The number of nitriles is 1. The minimum absolute atomic E-state index is 0.234. The summed E-state index contributed by atoms with van der Waals surface area (Å²) in [5, 5.41) is 7.81. The molecule has 0 heterocycles. The average Bonchev–Trinajstić information content (AvgIpc) is 2.40. The fraction of sp³-hybridized carbons (Fsp3) is 0.357. The van der Waals surface area contributed by atoms with Crippen molar-refractivity contribution in [2.45, 2.75) is 25.5 Å². The van der Waals surface area contributed by atoms with Gasteiger partial charge in [0.2, 0.25) is 10.0 Å². The minimum atomic E-state index is -3.72. The van der Waals surface area contributed by atoms with E-state index in [9.17, 15) is 8.42 Å². The summed E-state index contributed by atoms with van der Waals surface area (Å²) in [7, 11) is -3.72. The minimum Gasteiger partial charge on any atom is -0.320 e. The lowest BCUT2D eigenvalue weighted by Crippen LogP contribution is -2.26. The Morgan fingerprint density at radius 3 is 2.70 bits per heavy atom. The van der Waals surface area contributed by atoms with Gasteiger partial charge >= 0.3 is 0 Å². The van der Waals surface area contributed by atoms with Gasteiger partial charge < -0.3 is 5.73 Å². The van der Waals surface area contributed by atoms with E-state index in [4.69, 9.17) is 11.0 Å². The Labute approximate surface area is 119 Å². The summed E-state index contributed by atoms with van der Waals surface area (Å²) in [6.45, 7) is 3.68. The molecule has 0 spiro atoms. The van der Waals surface area contributed by atoms with Gasteiger partial charge in [-0.2, -0.15) is 5.26 Å². The molecular formula is C14H17N3O2S. The first-order chi connectivity index (χ1) is 9.44. The maximum atomic E-state index is 12.1. The third kappa shape index (κ3) is 3.99. The first-order valence-corrected chi connectivity index (χ1v) is 7.70. The lowest BCUT2D eigenvalue weighted by molar-refractivity contribution is 0.593. The molecule has 0 aliphatic heterocycles. The second-order valence-electron chi connectivity index (χ2n) is 4.21. The van der Waals surface area contributed by atoms with E-state index in [1.807, 2.05) is 0 Å². The normalized spacial score (nSPS) is 11.9. The molecule has 0 amide bonds. The van der Waals surface area contributed by atoms with Crippen molar-refractivity contribution in [2.75, 3.05) is 11.3 Å². The maximum absolute atomic E-state index is 12.1. The van der Waals surface area contributed by atoms with Crippen LogP contribution in [0.2, 0.25) is 0 Å². The van der Waals surface area contributed by atoms with Crippen LogP contribution in [0, 0.1) is 30.1 Å². The Hall–Kier alpha value is -2.02. The third-order valence-corrected chi connectivity index (χ3v) is 4.41. The van der Waals surface area contributed by atoms with Crippen molar-refractivity contribution < 1.29 is 8.42 Å². The summed E-state index contributed by atoms with van der Waals surface area (Å²) in [6.07, 6.45) is 0.234. The lowest BCUT2D eigenvalue weighted by Gasteiger charge is -2.13. The van der Waals surface area contributed by atoms with E-state index in [1.165, 1.54) is 0 Å². The van der Waals surface area contributed by atoms with E-state index in [1.54, 1.807) is 38.1 Å². The van der Waals surface area contributed by atoms with E-state index in [-0.39, 0.29) is 13.0 Å². The molecule has 0 aliphatic rings. The van der Waals surface area contributed by atoms with E-state index in [2.05, 4.69) is 16.6 Å². The van der Waals surface area contributed by atoms with Crippen LogP contribution in [0.1, 0.15) is 24.5 Å². The Morgan fingerprint density at radius 1 is 1.45 bits per heavy atom. The van der Waals surface area contributed by atoms with Gasteiger partial charge in [-0.25, -0.2) is 8.42 Å². The average molecular weight is 291 g/mol. The monoisotopic (exact) mass is 291 g/mol. The van der Waals surface area contributed by atoms with Crippen molar-refractivity contribution in [3.8, 4) is 17.9 Å². The maximum Gasteiger partial charge on any atom is 0.249 e. The molecule has 0 bridgehead atoms. The summed E-state index contributed by atoms with van der Waals surface area (Å²) in [4.78, 5) is 0. The SMILES string of the molecule is CCC(C#N)S(=O)(=O)Nc1cc(C#CCN)ccc1C. The summed E-state index contributed by atoms with van der Waals surface area (Å²) in [5.74, 6) is 5.55. The van der Waals surface area contributed by atoms with Crippen LogP contribution in [0.15, 0.2) is 18.2 Å². The van der Waals surface area contributed by atoms with Gasteiger partial charge in [-0.3, -0.25) is 4.72 Å². The molecule has 1 unspecified atom stereocenters. The molecule has 0 saturated carbocycles. The zero-order chi connectivity index (χ0) is 15.2. The molecular weight excluding hydrogens is 274 g/mol. The number of sulfonamides is 1.